The lowest BCUT2D eigenvalue weighted by Crippen LogP contribution is -2.02. The number of hydrogen-bond acceptors (Lipinski definition) is 4. The van der Waals surface area contributed by atoms with Crippen LogP contribution in [0.5, 0.6) is 11.5 Å². The summed E-state index contributed by atoms with van der Waals surface area (Å²) < 4.78 is 72.4. The van der Waals surface area contributed by atoms with E-state index in [1.807, 2.05) is 13.0 Å². The summed E-state index contributed by atoms with van der Waals surface area (Å²) in [6.45, 7) is 9.33. The molecule has 416 valence electrons. The molecule has 24 heteroatoms. The molecule has 0 aliphatic carbocycles. The molecule has 3 rings (SSSR count). The van der Waals surface area contributed by atoms with Crippen molar-refractivity contribution in [1.82, 2.24) is 0 Å². The summed E-state index contributed by atoms with van der Waals surface area (Å²) in [5, 5.41) is 0. The van der Waals surface area contributed by atoms with Crippen molar-refractivity contribution in [3.63, 3.8) is 0 Å². The predicted molar refractivity (Wildman–Crippen MR) is 370 cm³/mol. The predicted octanol–water partition coefficient (Wildman–Crippen LogP) is 27.0. The van der Waals surface area contributed by atoms with Crippen LogP contribution in [0.1, 0.15) is 204 Å². The van der Waals surface area contributed by atoms with E-state index in [-0.39, 0.29) is 53.8 Å². The average molecular weight is 1340 g/mol. The molecule has 0 N–H and O–H groups in total. The number of rotatable bonds is 40. The number of halogens is 4. The van der Waals surface area contributed by atoms with E-state index in [0.29, 0.717) is 29.6 Å². The van der Waals surface area contributed by atoms with Crippen molar-refractivity contribution in [2.24, 2.45) is 0 Å². The zero-order valence-corrected chi connectivity index (χ0v) is 62.1. The monoisotopic (exact) mass is 1340 g/mol. The lowest BCUT2D eigenvalue weighted by Gasteiger charge is -2.40. The van der Waals surface area contributed by atoms with Crippen LogP contribution in [0.25, 0.3) is 20.2 Å². The number of hydrogen-bond donors (Lipinski definition) is 0. The van der Waals surface area contributed by atoms with Gasteiger partial charge in [0.25, 0.3) is 0 Å². The van der Waals surface area contributed by atoms with Gasteiger partial charge in [0.05, 0.1) is 28.5 Å². The maximum atomic E-state index is 15.2. The summed E-state index contributed by atoms with van der Waals surface area (Å²) >= 11 is 2.62. The Morgan fingerprint density at radius 3 is 1.06 bits per heavy atom. The normalized spacial score (nSPS) is 12.8. The quantitative estimate of drug-likeness (QED) is 0.0245. The number of unbranched alkanes of at least 4 members (excludes halogenated alkanes) is 26. The molecule has 0 aliphatic heterocycles. The van der Waals surface area contributed by atoms with Crippen LogP contribution < -0.4 is 9.47 Å². The second-order valence-corrected chi connectivity index (χ2v) is 82.5. The molecule has 0 bridgehead atoms. The Morgan fingerprint density at radius 2 is 0.722 bits per heavy atom. The van der Waals surface area contributed by atoms with Gasteiger partial charge >= 0.3 is 0 Å². The highest BCUT2D eigenvalue weighted by atomic mass is 33.4. The maximum Gasteiger partial charge on any atom is 0.170 e. The molecule has 11 unspecified atom stereocenters. The minimum Gasteiger partial charge on any atom is -0.492 e. The molecule has 3 aromatic rings. The van der Waals surface area contributed by atoms with Gasteiger partial charge in [-0.15, -0.1) is 103 Å². The van der Waals surface area contributed by atoms with Crippen LogP contribution in [0.4, 0.5) is 17.6 Å². The lowest BCUT2D eigenvalue weighted by molar-refractivity contribution is 0.302. The number of ether oxygens (including phenoxy) is 2. The maximum absolute atomic E-state index is 15.2. The molecule has 0 saturated carbocycles. The van der Waals surface area contributed by atoms with E-state index >= 15 is 8.78 Å². The van der Waals surface area contributed by atoms with Gasteiger partial charge in [-0.05, 0) is 87.7 Å². The fourth-order valence-electron chi connectivity index (χ4n) is 8.11. The van der Waals surface area contributed by atoms with Crippen LogP contribution in [0, 0.1) is 37.1 Å². The Labute approximate surface area is 473 Å². The number of thiophene rings is 2. The van der Waals surface area contributed by atoms with Crippen molar-refractivity contribution >= 4 is 152 Å². The van der Waals surface area contributed by atoms with Crippen molar-refractivity contribution in [1.29, 1.82) is 0 Å². The Hall–Kier alpha value is 4.82. The molecule has 1 aromatic carbocycles. The molecule has 0 fully saturated rings. The summed E-state index contributed by atoms with van der Waals surface area (Å²) in [5.41, 5.74) is -1.36. The highest BCUT2D eigenvalue weighted by molar-refractivity contribution is 9.30. The highest BCUT2D eigenvalue weighted by Gasteiger charge is 2.36. The first-order valence-electron chi connectivity index (χ1n) is 26.2. The highest BCUT2D eigenvalue weighted by Crippen LogP contribution is 3.24. The van der Waals surface area contributed by atoms with Crippen molar-refractivity contribution in [3.8, 4) is 31.7 Å². The minimum atomic E-state index is -1.38. The van der Waals surface area contributed by atoms with Gasteiger partial charge in [0.1, 0.15) is 11.5 Å². The molecule has 0 aliphatic rings. The molecule has 2 aromatic heterocycles. The van der Waals surface area contributed by atoms with Gasteiger partial charge in [0.2, 0.25) is 0 Å². The third-order valence-electron chi connectivity index (χ3n) is 12.2. The Kier molecular flexibility index (Phi) is 44.9. The lowest BCUT2D eigenvalue weighted by atomic mass is 10.0. The SMILES string of the molecule is CCCCCCCCCCCCCCCCOc1cc(C)sc1-c1sc(-c2c(F)c(F)c(C)c(F)c2F)cc1OCCCCCCCCCCCCCCCC.PP(P)P(P)P(P(P)P)P(P(P)P)P(P)P. The topological polar surface area (TPSA) is 18.5 Å². The first-order chi connectivity index (χ1) is 34.5. The summed E-state index contributed by atoms with van der Waals surface area (Å²) in [5.74, 6) is -4.35. The summed E-state index contributed by atoms with van der Waals surface area (Å²) in [6, 6.07) is 3.53. The van der Waals surface area contributed by atoms with Crippen LogP contribution in [0.2, 0.25) is 0 Å². The van der Waals surface area contributed by atoms with Gasteiger partial charge in [-0.1, -0.05) is 181 Å². The zero-order valence-electron chi connectivity index (χ0n) is 43.8. The average Bonchev–Trinajstić information content (AvgIpc) is 3.93. The molecular weight excluding hydrogens is 1240 g/mol. The van der Waals surface area contributed by atoms with E-state index in [1.165, 1.54) is 165 Å². The number of benzene rings is 1. The molecule has 0 saturated heterocycles. The second-order valence-electron chi connectivity index (χ2n) is 18.4. The summed E-state index contributed by atoms with van der Waals surface area (Å²) in [6.07, 6.45) is 35.7. The van der Waals surface area contributed by atoms with E-state index in [4.69, 9.17) is 9.47 Å². The van der Waals surface area contributed by atoms with Gasteiger partial charge in [-0.25, -0.2) is 17.6 Å². The molecule has 0 amide bonds. The van der Waals surface area contributed by atoms with Gasteiger partial charge < -0.3 is 9.47 Å². The Morgan fingerprint density at radius 1 is 0.403 bits per heavy atom. The van der Waals surface area contributed by atoms with Gasteiger partial charge in [-0.3, -0.25) is 0 Å². The first kappa shape index (κ1) is 72.9. The third kappa shape index (κ3) is 28.9. The fraction of sp³-hybridized carbons (Fsp3) is 0.708. The Balaban J connectivity index is 0.000000947. The minimum absolute atomic E-state index is 0.0635. The van der Waals surface area contributed by atoms with E-state index in [9.17, 15) is 8.78 Å². The van der Waals surface area contributed by atoms with Crippen LogP contribution in [-0.4, -0.2) is 13.2 Å². The van der Waals surface area contributed by atoms with E-state index in [2.05, 4.69) is 94.2 Å². The molecular formula is C48H92F4O2P16S2. The van der Waals surface area contributed by atoms with Crippen LogP contribution in [0.15, 0.2) is 12.1 Å². The molecule has 11 atom stereocenters. The molecule has 72 heavy (non-hydrogen) atoms. The van der Waals surface area contributed by atoms with Crippen molar-refractivity contribution in [2.75, 3.05) is 13.2 Å². The molecule has 0 spiro atoms. The largest absolute Gasteiger partial charge is 0.492 e. The van der Waals surface area contributed by atoms with Gasteiger partial charge in [-0.2, -0.15) is 0 Å². The summed E-state index contributed by atoms with van der Waals surface area (Å²) in [7, 11) is 27.8. The van der Waals surface area contributed by atoms with Crippen LogP contribution in [0.3, 0.4) is 0 Å². The molecule has 2 heterocycles. The van der Waals surface area contributed by atoms with E-state index in [0.717, 1.165) is 60.1 Å². The van der Waals surface area contributed by atoms with Gasteiger partial charge in [0, 0.05) is 15.3 Å². The van der Waals surface area contributed by atoms with Crippen molar-refractivity contribution in [3.05, 3.63) is 45.8 Å². The standard InChI is InChI=1S/C48H74F4O2S2.H18P16/c1-5-7-9-11-13-15-17-19-21-23-25-27-29-31-33-53-39-35-37(3)55-47(39)48-40(36-41(56-48)42-45(51)43(49)38(4)44(50)46(42)52)54-34-32-30-28-26-24-22-20-18-16-14-12-10-8-6-2;1-10(2)14(9)16(13(7)8)15(11(3)4)12(5)6/h35-36H,5-34H2,1-4H3;1-9H2. The summed E-state index contributed by atoms with van der Waals surface area (Å²) in [4.78, 5) is 2.61. The van der Waals surface area contributed by atoms with Crippen LogP contribution in [-0.2, 0) is 0 Å². The first-order valence-corrected chi connectivity index (χ1v) is 56.0. The second kappa shape index (κ2) is 44.4. The van der Waals surface area contributed by atoms with Crippen LogP contribution >= 0.6 is 152 Å². The Bertz CT molecular complexity index is 1840. The van der Waals surface area contributed by atoms with Gasteiger partial charge in [0.15, 0.2) is 23.3 Å². The molecule has 0 radical (unpaired) electrons. The van der Waals surface area contributed by atoms with Crippen molar-refractivity contribution < 1.29 is 27.0 Å². The zero-order chi connectivity index (χ0) is 53.4. The smallest absolute Gasteiger partial charge is 0.170 e. The van der Waals surface area contributed by atoms with E-state index < -0.39 is 34.4 Å². The number of aryl methyl sites for hydroxylation is 1. The fourth-order valence-corrected chi connectivity index (χ4v) is 174. The third-order valence-corrected chi connectivity index (χ3v) is 110. The molecule has 2 nitrogen and oxygen atoms in total. The van der Waals surface area contributed by atoms with Crippen molar-refractivity contribution in [2.45, 2.75) is 207 Å². The van der Waals surface area contributed by atoms with E-state index in [1.54, 1.807) is 0 Å².